The molecule has 0 saturated heterocycles. The van der Waals surface area contributed by atoms with E-state index in [9.17, 15) is 53.4 Å². The lowest BCUT2D eigenvalue weighted by molar-refractivity contribution is -0.424. The Morgan fingerprint density at radius 1 is 0.839 bits per heavy atom. The van der Waals surface area contributed by atoms with Gasteiger partial charge in [-0.15, -0.1) is 0 Å². The van der Waals surface area contributed by atoms with Gasteiger partial charge in [-0.2, -0.15) is 48.3 Å². The van der Waals surface area contributed by atoms with E-state index in [1.807, 2.05) is 6.92 Å². The highest BCUT2D eigenvalue weighted by Gasteiger charge is 2.87. The van der Waals surface area contributed by atoms with Gasteiger partial charge < -0.3 is 9.84 Å². The lowest BCUT2D eigenvalue weighted by Crippen LogP contribution is -2.67. The highest BCUT2D eigenvalue weighted by atomic mass is 19.4. The van der Waals surface area contributed by atoms with Crippen LogP contribution in [0.3, 0.4) is 0 Å². The van der Waals surface area contributed by atoms with Gasteiger partial charge in [0, 0.05) is 0 Å². The van der Waals surface area contributed by atoms with E-state index in [-0.39, 0.29) is 12.4 Å². The van der Waals surface area contributed by atoms with Gasteiger partial charge >= 0.3 is 29.9 Å². The van der Waals surface area contributed by atoms with Crippen molar-refractivity contribution < 1.29 is 58.1 Å². The molecule has 0 spiro atoms. The first-order chi connectivity index (χ1) is 13.7. The average molecular weight is 476 g/mol. The van der Waals surface area contributed by atoms with Gasteiger partial charge in [-0.25, -0.2) is 0 Å². The summed E-state index contributed by atoms with van der Waals surface area (Å²) in [5.74, 6) is -28.3. The normalized spacial score (nSPS) is 16.2. The number of hydrogen-bond acceptors (Lipinski definition) is 2. The molecule has 13 heteroatoms. The lowest BCUT2D eigenvalue weighted by Gasteiger charge is -2.39. The molecule has 1 aromatic carbocycles. The van der Waals surface area contributed by atoms with Crippen molar-refractivity contribution in [3.63, 3.8) is 0 Å². The summed E-state index contributed by atoms with van der Waals surface area (Å²) in [6.07, 6.45) is -8.53. The van der Waals surface area contributed by atoms with Crippen LogP contribution in [-0.2, 0) is 5.60 Å². The van der Waals surface area contributed by atoms with Gasteiger partial charge in [0.05, 0.1) is 18.6 Å². The number of aliphatic hydroxyl groups is 1. The molecule has 0 heterocycles. The van der Waals surface area contributed by atoms with E-state index in [1.54, 1.807) is 0 Å². The number of alkyl halides is 11. The maximum Gasteiger partial charge on any atom is 0.460 e. The highest BCUT2D eigenvalue weighted by Crippen LogP contribution is 2.59. The molecule has 0 aliphatic rings. The van der Waals surface area contributed by atoms with Gasteiger partial charge in [-0.1, -0.05) is 25.5 Å². The highest BCUT2D eigenvalue weighted by molar-refractivity contribution is 5.32. The maximum atomic E-state index is 14.0. The SMILES string of the molecule is CCCCOc1cccc(C(C)(O)CC(F)(F)C(F)(F)C(F)(F)C(F)(F)C(F)(F)F)c1. The molecular weight excluding hydrogens is 457 g/mol. The summed E-state index contributed by atoms with van der Waals surface area (Å²) < 4.78 is 150. The summed E-state index contributed by atoms with van der Waals surface area (Å²) in [4.78, 5) is 0. The molecule has 1 N–H and O–H groups in total. The van der Waals surface area contributed by atoms with Crippen molar-refractivity contribution in [3.8, 4) is 5.75 Å². The molecular formula is C18H19F11O2. The summed E-state index contributed by atoms with van der Waals surface area (Å²) in [6, 6.07) is 4.31. The van der Waals surface area contributed by atoms with Gasteiger partial charge in [0.15, 0.2) is 0 Å². The summed E-state index contributed by atoms with van der Waals surface area (Å²) >= 11 is 0. The minimum absolute atomic E-state index is 0.00441. The largest absolute Gasteiger partial charge is 0.494 e. The standard InChI is InChI=1S/C18H19F11O2/c1-3-4-8-31-12-7-5-6-11(9-12)13(2,30)10-14(19,20)15(21,22)16(23,24)17(25,26)18(27,28)29/h5-7,9,30H,3-4,8,10H2,1-2H3. The third kappa shape index (κ3) is 5.17. The number of benzene rings is 1. The molecule has 0 amide bonds. The molecule has 0 aliphatic carbocycles. The molecule has 0 radical (unpaired) electrons. The van der Waals surface area contributed by atoms with Crippen LogP contribution < -0.4 is 4.74 Å². The molecule has 0 saturated carbocycles. The van der Waals surface area contributed by atoms with Crippen molar-refractivity contribution in [2.45, 2.75) is 68.6 Å². The smallest absolute Gasteiger partial charge is 0.460 e. The molecule has 2 nitrogen and oxygen atoms in total. The van der Waals surface area contributed by atoms with Crippen LogP contribution in [0.1, 0.15) is 38.7 Å². The van der Waals surface area contributed by atoms with Crippen LogP contribution in [0, 0.1) is 0 Å². The average Bonchev–Trinajstić information content (AvgIpc) is 2.60. The van der Waals surface area contributed by atoms with Crippen LogP contribution in [0.5, 0.6) is 5.75 Å². The maximum absolute atomic E-state index is 14.0. The molecule has 1 aromatic rings. The Bertz CT molecular complexity index is 742. The monoisotopic (exact) mass is 476 g/mol. The van der Waals surface area contributed by atoms with Crippen molar-refractivity contribution in [3.05, 3.63) is 29.8 Å². The summed E-state index contributed by atoms with van der Waals surface area (Å²) in [6.45, 7) is 2.47. The van der Waals surface area contributed by atoms with Crippen molar-refractivity contribution in [1.82, 2.24) is 0 Å². The van der Waals surface area contributed by atoms with Crippen molar-refractivity contribution in [1.29, 1.82) is 0 Å². The molecule has 0 bridgehead atoms. The predicted molar refractivity (Wildman–Crippen MR) is 86.9 cm³/mol. The number of ether oxygens (including phenoxy) is 1. The van der Waals surface area contributed by atoms with Crippen LogP contribution in [0.4, 0.5) is 48.3 Å². The van der Waals surface area contributed by atoms with E-state index in [1.165, 1.54) is 6.07 Å². The fourth-order valence-electron chi connectivity index (χ4n) is 2.51. The minimum Gasteiger partial charge on any atom is -0.494 e. The van der Waals surface area contributed by atoms with Crippen LogP contribution in [0.25, 0.3) is 0 Å². The van der Waals surface area contributed by atoms with Gasteiger partial charge in [0.25, 0.3) is 0 Å². The molecule has 31 heavy (non-hydrogen) atoms. The summed E-state index contributed by atoms with van der Waals surface area (Å²) in [7, 11) is 0. The Hall–Kier alpha value is -1.79. The van der Waals surface area contributed by atoms with E-state index in [0.717, 1.165) is 24.6 Å². The van der Waals surface area contributed by atoms with Crippen molar-refractivity contribution in [2.75, 3.05) is 6.61 Å². The van der Waals surface area contributed by atoms with Crippen LogP contribution in [0.15, 0.2) is 24.3 Å². The van der Waals surface area contributed by atoms with E-state index in [2.05, 4.69) is 0 Å². The Morgan fingerprint density at radius 2 is 1.39 bits per heavy atom. The van der Waals surface area contributed by atoms with E-state index < -0.39 is 47.5 Å². The molecule has 1 unspecified atom stereocenters. The summed E-state index contributed by atoms with van der Waals surface area (Å²) in [5, 5.41) is 10.2. The van der Waals surface area contributed by atoms with E-state index in [0.29, 0.717) is 13.3 Å². The van der Waals surface area contributed by atoms with Gasteiger partial charge in [-0.3, -0.25) is 0 Å². The first kappa shape index (κ1) is 27.2. The second kappa shape index (κ2) is 8.62. The molecule has 0 fully saturated rings. The number of hydrogen-bond donors (Lipinski definition) is 1. The third-order valence-corrected chi connectivity index (χ3v) is 4.39. The second-order valence-corrected chi connectivity index (χ2v) is 7.11. The van der Waals surface area contributed by atoms with Crippen LogP contribution in [0.2, 0.25) is 0 Å². The quantitative estimate of drug-likeness (QED) is 0.306. The molecule has 180 valence electrons. The first-order valence-corrected chi connectivity index (χ1v) is 8.78. The third-order valence-electron chi connectivity index (χ3n) is 4.39. The Morgan fingerprint density at radius 3 is 1.87 bits per heavy atom. The zero-order chi connectivity index (χ0) is 24.5. The van der Waals surface area contributed by atoms with E-state index >= 15 is 0 Å². The molecule has 1 rings (SSSR count). The Balaban J connectivity index is 3.25. The summed E-state index contributed by atoms with van der Waals surface area (Å²) in [5.41, 5.74) is -3.57. The van der Waals surface area contributed by atoms with Crippen molar-refractivity contribution >= 4 is 0 Å². The Kier molecular flexibility index (Phi) is 7.58. The van der Waals surface area contributed by atoms with Crippen LogP contribution >= 0.6 is 0 Å². The second-order valence-electron chi connectivity index (χ2n) is 7.11. The van der Waals surface area contributed by atoms with Gasteiger partial charge in [-0.05, 0) is 31.0 Å². The van der Waals surface area contributed by atoms with Gasteiger partial charge in [0.1, 0.15) is 5.75 Å². The zero-order valence-corrected chi connectivity index (χ0v) is 16.2. The number of unbranched alkanes of at least 4 members (excludes halogenated alkanes) is 1. The molecule has 0 aromatic heterocycles. The zero-order valence-electron chi connectivity index (χ0n) is 16.2. The Labute approximate surface area is 170 Å². The number of rotatable bonds is 10. The first-order valence-electron chi connectivity index (χ1n) is 8.78. The van der Waals surface area contributed by atoms with Gasteiger partial charge in [0.2, 0.25) is 0 Å². The molecule has 0 aliphatic heterocycles. The minimum atomic E-state index is -7.51. The number of halogens is 11. The van der Waals surface area contributed by atoms with Crippen LogP contribution in [-0.4, -0.2) is 41.6 Å². The molecule has 1 atom stereocenters. The topological polar surface area (TPSA) is 29.5 Å². The predicted octanol–water partition coefficient (Wildman–Crippen LogP) is 6.57. The van der Waals surface area contributed by atoms with Crippen molar-refractivity contribution in [2.24, 2.45) is 0 Å². The fraction of sp³-hybridized carbons (Fsp3) is 0.667. The fourth-order valence-corrected chi connectivity index (χ4v) is 2.51. The lowest BCUT2D eigenvalue weighted by atomic mass is 9.85. The van der Waals surface area contributed by atoms with E-state index in [4.69, 9.17) is 4.74 Å².